The molecule has 0 atom stereocenters. The molecule has 5 rings (SSSR count). The van der Waals surface area contributed by atoms with Crippen molar-refractivity contribution in [3.63, 3.8) is 0 Å². The molecule has 0 unspecified atom stereocenters. The van der Waals surface area contributed by atoms with Crippen LogP contribution in [-0.4, -0.2) is 44.8 Å². The Bertz CT molecular complexity index is 1170. The number of hydrogen-bond acceptors (Lipinski definition) is 4. The summed E-state index contributed by atoms with van der Waals surface area (Å²) < 4.78 is 8.38. The molecule has 0 radical (unpaired) electrons. The second-order valence-corrected chi connectivity index (χ2v) is 8.84. The zero-order valence-corrected chi connectivity index (χ0v) is 18.1. The van der Waals surface area contributed by atoms with Gasteiger partial charge in [-0.2, -0.15) is 0 Å². The number of benzene rings is 2. The highest BCUT2D eigenvalue weighted by Crippen LogP contribution is 2.39. The van der Waals surface area contributed by atoms with Gasteiger partial charge in [-0.15, -0.1) is 0 Å². The first-order valence-corrected chi connectivity index (χ1v) is 11.0. The predicted octanol–water partition coefficient (Wildman–Crippen LogP) is 3.84. The van der Waals surface area contributed by atoms with Gasteiger partial charge < -0.3 is 14.2 Å². The van der Waals surface area contributed by atoms with Crippen LogP contribution in [0.15, 0.2) is 42.5 Å². The number of piperidine rings is 1. The fourth-order valence-corrected chi connectivity index (χ4v) is 4.85. The molecule has 0 bridgehead atoms. The SMILES string of the molecule is Cc1ccc2c(c1)C(=O)CC1(CCN(C(=O)CCc3nc4ccccc4n3C)CC1)O2. The number of likely N-dealkylation sites (tertiary alicyclic amines) is 1. The van der Waals surface area contributed by atoms with Crippen LogP contribution in [0.5, 0.6) is 5.75 Å². The zero-order chi connectivity index (χ0) is 21.6. The zero-order valence-electron chi connectivity index (χ0n) is 18.1. The average Bonchev–Trinajstić information content (AvgIpc) is 3.09. The molecule has 1 spiro atoms. The van der Waals surface area contributed by atoms with Gasteiger partial charge in [0.25, 0.3) is 0 Å². The quantitative estimate of drug-likeness (QED) is 0.650. The van der Waals surface area contributed by atoms with Gasteiger partial charge in [0.15, 0.2) is 5.78 Å². The normalized spacial score (nSPS) is 17.6. The summed E-state index contributed by atoms with van der Waals surface area (Å²) in [7, 11) is 2.00. The lowest BCUT2D eigenvalue weighted by Gasteiger charge is -2.44. The maximum atomic E-state index is 12.9. The van der Waals surface area contributed by atoms with Gasteiger partial charge in [-0.05, 0) is 31.2 Å². The van der Waals surface area contributed by atoms with Crippen LogP contribution in [0.2, 0.25) is 0 Å². The average molecular weight is 418 g/mol. The van der Waals surface area contributed by atoms with Crippen LogP contribution >= 0.6 is 0 Å². The van der Waals surface area contributed by atoms with Gasteiger partial charge >= 0.3 is 0 Å². The molecule has 0 saturated carbocycles. The molecule has 2 aliphatic rings. The fraction of sp³-hybridized carbons (Fsp3) is 0.400. The van der Waals surface area contributed by atoms with Crippen molar-refractivity contribution in [3.05, 3.63) is 59.4 Å². The van der Waals surface area contributed by atoms with E-state index in [-0.39, 0.29) is 11.7 Å². The summed E-state index contributed by atoms with van der Waals surface area (Å²) in [6, 6.07) is 13.8. The van der Waals surface area contributed by atoms with E-state index in [4.69, 9.17) is 4.74 Å². The first-order chi connectivity index (χ1) is 14.9. The number of ether oxygens (including phenoxy) is 1. The smallest absolute Gasteiger partial charge is 0.223 e. The van der Waals surface area contributed by atoms with Crippen LogP contribution in [0.25, 0.3) is 11.0 Å². The largest absolute Gasteiger partial charge is 0.486 e. The van der Waals surface area contributed by atoms with E-state index in [0.29, 0.717) is 56.5 Å². The molecule has 0 aliphatic carbocycles. The van der Waals surface area contributed by atoms with Gasteiger partial charge in [-0.1, -0.05) is 23.8 Å². The Kier molecular flexibility index (Phi) is 4.80. The Morgan fingerprint density at radius 2 is 1.94 bits per heavy atom. The Balaban J connectivity index is 1.21. The first kappa shape index (κ1) is 19.8. The van der Waals surface area contributed by atoms with Gasteiger partial charge in [0, 0.05) is 45.8 Å². The summed E-state index contributed by atoms with van der Waals surface area (Å²) in [4.78, 5) is 32.1. The highest BCUT2D eigenvalue weighted by molar-refractivity contribution is 6.00. The standard InChI is InChI=1S/C25H27N3O3/c1-17-7-8-22-18(15-17)21(29)16-25(31-22)11-13-28(14-12-25)24(30)10-9-23-26-19-5-3-4-6-20(19)27(23)2/h3-8,15H,9-14,16H2,1-2H3. The van der Waals surface area contributed by atoms with Gasteiger partial charge in [-0.3, -0.25) is 9.59 Å². The second kappa shape index (κ2) is 7.52. The molecular formula is C25H27N3O3. The molecular weight excluding hydrogens is 390 g/mol. The highest BCUT2D eigenvalue weighted by atomic mass is 16.5. The molecule has 1 aromatic heterocycles. The number of aromatic nitrogens is 2. The number of imidazole rings is 1. The van der Waals surface area contributed by atoms with E-state index in [1.165, 1.54) is 0 Å². The van der Waals surface area contributed by atoms with E-state index in [0.717, 1.165) is 22.4 Å². The maximum absolute atomic E-state index is 12.9. The molecule has 6 heteroatoms. The second-order valence-electron chi connectivity index (χ2n) is 8.84. The number of carbonyl (C=O) groups is 2. The van der Waals surface area contributed by atoms with Gasteiger partial charge in [-0.25, -0.2) is 4.98 Å². The van der Waals surface area contributed by atoms with E-state index in [2.05, 4.69) is 9.55 Å². The summed E-state index contributed by atoms with van der Waals surface area (Å²) in [6.07, 6.45) is 2.82. The number of hydrogen-bond donors (Lipinski definition) is 0. The lowest BCUT2D eigenvalue weighted by atomic mass is 9.82. The number of aryl methyl sites for hydroxylation is 3. The van der Waals surface area contributed by atoms with E-state index < -0.39 is 5.60 Å². The Morgan fingerprint density at radius 1 is 1.16 bits per heavy atom. The molecule has 1 amide bonds. The fourth-order valence-electron chi connectivity index (χ4n) is 4.85. The number of para-hydroxylation sites is 2. The number of nitrogens with zero attached hydrogens (tertiary/aromatic N) is 3. The molecule has 3 aromatic rings. The third kappa shape index (κ3) is 3.60. The van der Waals surface area contributed by atoms with Crippen molar-refractivity contribution in [2.75, 3.05) is 13.1 Å². The molecule has 2 aliphatic heterocycles. The van der Waals surface area contributed by atoms with Crippen molar-refractivity contribution < 1.29 is 14.3 Å². The summed E-state index contributed by atoms with van der Waals surface area (Å²) in [6.45, 7) is 3.22. The summed E-state index contributed by atoms with van der Waals surface area (Å²) >= 11 is 0. The highest BCUT2D eigenvalue weighted by Gasteiger charge is 2.43. The van der Waals surface area contributed by atoms with E-state index >= 15 is 0 Å². The lowest BCUT2D eigenvalue weighted by molar-refractivity contribution is -0.134. The van der Waals surface area contributed by atoms with Crippen LogP contribution in [-0.2, 0) is 18.3 Å². The number of ketones is 1. The third-order valence-corrected chi connectivity index (χ3v) is 6.71. The Hall–Kier alpha value is -3.15. The Morgan fingerprint density at radius 3 is 2.71 bits per heavy atom. The first-order valence-electron chi connectivity index (χ1n) is 11.0. The molecule has 160 valence electrons. The molecule has 31 heavy (non-hydrogen) atoms. The van der Waals surface area contributed by atoms with E-state index in [9.17, 15) is 9.59 Å². The topological polar surface area (TPSA) is 64.4 Å². The number of Topliss-reactive ketones (excluding diaryl/α,β-unsaturated/α-hetero) is 1. The van der Waals surface area contributed by atoms with Crippen molar-refractivity contribution in [2.45, 2.75) is 44.6 Å². The van der Waals surface area contributed by atoms with Crippen molar-refractivity contribution in [3.8, 4) is 5.75 Å². The van der Waals surface area contributed by atoms with Crippen LogP contribution in [0.3, 0.4) is 0 Å². The van der Waals surface area contributed by atoms with Gasteiger partial charge in [0.1, 0.15) is 17.2 Å². The van der Waals surface area contributed by atoms with E-state index in [1.54, 1.807) is 0 Å². The minimum Gasteiger partial charge on any atom is -0.486 e. The molecule has 2 aromatic carbocycles. The van der Waals surface area contributed by atoms with Gasteiger partial charge in [0.05, 0.1) is 23.0 Å². The van der Waals surface area contributed by atoms with Crippen LogP contribution in [0.1, 0.15) is 47.4 Å². The van der Waals surface area contributed by atoms with Crippen LogP contribution < -0.4 is 4.74 Å². The molecule has 1 saturated heterocycles. The monoisotopic (exact) mass is 417 g/mol. The summed E-state index contributed by atoms with van der Waals surface area (Å²) in [5.41, 5.74) is 3.31. The minimum atomic E-state index is -0.479. The van der Waals surface area contributed by atoms with Gasteiger partial charge in [0.2, 0.25) is 5.91 Å². The third-order valence-electron chi connectivity index (χ3n) is 6.71. The molecule has 3 heterocycles. The maximum Gasteiger partial charge on any atom is 0.223 e. The minimum absolute atomic E-state index is 0.139. The summed E-state index contributed by atoms with van der Waals surface area (Å²) in [5, 5.41) is 0. The van der Waals surface area contributed by atoms with Crippen molar-refractivity contribution in [1.82, 2.24) is 14.5 Å². The van der Waals surface area contributed by atoms with Crippen molar-refractivity contribution in [2.24, 2.45) is 7.05 Å². The predicted molar refractivity (Wildman–Crippen MR) is 118 cm³/mol. The number of rotatable bonds is 3. The molecule has 6 nitrogen and oxygen atoms in total. The van der Waals surface area contributed by atoms with Crippen LogP contribution in [0, 0.1) is 6.92 Å². The number of amides is 1. The summed E-state index contributed by atoms with van der Waals surface area (Å²) in [5.74, 6) is 1.89. The number of fused-ring (bicyclic) bond motifs is 2. The Labute approximate surface area is 181 Å². The van der Waals surface area contributed by atoms with Crippen molar-refractivity contribution >= 4 is 22.7 Å². The number of carbonyl (C=O) groups excluding carboxylic acids is 2. The molecule has 1 fully saturated rings. The van der Waals surface area contributed by atoms with Crippen molar-refractivity contribution in [1.29, 1.82) is 0 Å². The van der Waals surface area contributed by atoms with Crippen LogP contribution in [0.4, 0.5) is 0 Å². The molecule has 0 N–H and O–H groups in total. The lowest BCUT2D eigenvalue weighted by Crippen LogP contribution is -2.52. The van der Waals surface area contributed by atoms with E-state index in [1.807, 2.05) is 61.3 Å².